The lowest BCUT2D eigenvalue weighted by Gasteiger charge is -2.35. The number of amides is 1. The number of carbonyl (C=O) groups excluding carboxylic acids is 1. The van der Waals surface area contributed by atoms with Crippen LogP contribution in [0.2, 0.25) is 0 Å². The van der Waals surface area contributed by atoms with E-state index in [4.69, 9.17) is 18.9 Å². The van der Waals surface area contributed by atoms with Crippen molar-refractivity contribution in [3.05, 3.63) is 42.3 Å². The van der Waals surface area contributed by atoms with Crippen molar-refractivity contribution in [1.82, 2.24) is 14.9 Å². The SMILES string of the molecule is COc1cccc2cc(C(=O)N3CCN(c4ccnc(N5CCOCC5)n4)CC3)oc12. The Morgan fingerprint density at radius 3 is 2.61 bits per heavy atom. The number of morpholine rings is 1. The molecule has 2 aromatic heterocycles. The van der Waals surface area contributed by atoms with E-state index in [1.54, 1.807) is 19.4 Å². The summed E-state index contributed by atoms with van der Waals surface area (Å²) in [5.41, 5.74) is 0.601. The number of ether oxygens (including phenoxy) is 2. The molecule has 0 unspecified atom stereocenters. The summed E-state index contributed by atoms with van der Waals surface area (Å²) in [7, 11) is 1.59. The van der Waals surface area contributed by atoms with Crippen LogP contribution in [0, 0.1) is 0 Å². The minimum absolute atomic E-state index is 0.102. The predicted molar refractivity (Wildman–Crippen MR) is 116 cm³/mol. The van der Waals surface area contributed by atoms with E-state index in [2.05, 4.69) is 14.8 Å². The smallest absolute Gasteiger partial charge is 0.289 e. The number of furan rings is 1. The molecule has 2 aliphatic heterocycles. The van der Waals surface area contributed by atoms with E-state index in [-0.39, 0.29) is 5.91 Å². The highest BCUT2D eigenvalue weighted by molar-refractivity contribution is 5.97. The third-order valence-corrected chi connectivity index (χ3v) is 5.75. The summed E-state index contributed by atoms with van der Waals surface area (Å²) in [6.07, 6.45) is 1.80. The van der Waals surface area contributed by atoms with Crippen LogP contribution in [0.5, 0.6) is 5.75 Å². The molecule has 0 N–H and O–H groups in total. The Bertz CT molecular complexity index is 1070. The number of methoxy groups -OCH3 is 1. The summed E-state index contributed by atoms with van der Waals surface area (Å²) in [4.78, 5) is 28.3. The monoisotopic (exact) mass is 423 g/mol. The number of aromatic nitrogens is 2. The molecule has 162 valence electrons. The molecule has 2 saturated heterocycles. The summed E-state index contributed by atoms with van der Waals surface area (Å²) in [5.74, 6) is 2.48. The summed E-state index contributed by atoms with van der Waals surface area (Å²) < 4.78 is 16.6. The van der Waals surface area contributed by atoms with Gasteiger partial charge in [-0.3, -0.25) is 4.79 Å². The molecular formula is C22H25N5O4. The molecule has 1 amide bonds. The fourth-order valence-corrected chi connectivity index (χ4v) is 4.03. The predicted octanol–water partition coefficient (Wildman–Crippen LogP) is 2.03. The zero-order valence-corrected chi connectivity index (χ0v) is 17.5. The summed E-state index contributed by atoms with van der Waals surface area (Å²) in [6, 6.07) is 9.33. The van der Waals surface area contributed by atoms with Crippen LogP contribution in [-0.4, -0.2) is 80.4 Å². The second-order valence-corrected chi connectivity index (χ2v) is 7.58. The number of fused-ring (bicyclic) bond motifs is 1. The number of rotatable bonds is 4. The lowest BCUT2D eigenvalue weighted by molar-refractivity contribution is 0.0716. The highest BCUT2D eigenvalue weighted by Crippen LogP contribution is 2.29. The van der Waals surface area contributed by atoms with Gasteiger partial charge >= 0.3 is 0 Å². The Balaban J connectivity index is 1.26. The molecule has 0 bridgehead atoms. The van der Waals surface area contributed by atoms with Crippen molar-refractivity contribution < 1.29 is 18.7 Å². The van der Waals surface area contributed by atoms with Gasteiger partial charge in [-0.05, 0) is 18.2 Å². The Hall–Kier alpha value is -3.33. The molecule has 0 spiro atoms. The molecule has 0 radical (unpaired) electrons. The highest BCUT2D eigenvalue weighted by Gasteiger charge is 2.26. The average Bonchev–Trinajstić information content (AvgIpc) is 3.29. The van der Waals surface area contributed by atoms with E-state index in [1.165, 1.54) is 0 Å². The largest absolute Gasteiger partial charge is 0.493 e. The van der Waals surface area contributed by atoms with E-state index in [9.17, 15) is 4.79 Å². The van der Waals surface area contributed by atoms with E-state index in [1.807, 2.05) is 29.2 Å². The molecule has 1 aromatic carbocycles. The van der Waals surface area contributed by atoms with Crippen molar-refractivity contribution in [2.45, 2.75) is 0 Å². The average molecular weight is 423 g/mol. The van der Waals surface area contributed by atoms with E-state index in [0.717, 1.165) is 30.2 Å². The van der Waals surface area contributed by atoms with Gasteiger partial charge in [0.1, 0.15) is 5.82 Å². The molecule has 2 aliphatic rings. The van der Waals surface area contributed by atoms with Gasteiger partial charge in [0.2, 0.25) is 5.95 Å². The molecule has 0 atom stereocenters. The van der Waals surface area contributed by atoms with Crippen LogP contribution >= 0.6 is 0 Å². The second kappa shape index (κ2) is 8.43. The van der Waals surface area contributed by atoms with Crippen molar-refractivity contribution in [1.29, 1.82) is 0 Å². The van der Waals surface area contributed by atoms with Gasteiger partial charge in [0.05, 0.1) is 20.3 Å². The minimum atomic E-state index is -0.102. The molecule has 0 aliphatic carbocycles. The third kappa shape index (κ3) is 3.88. The van der Waals surface area contributed by atoms with E-state index in [0.29, 0.717) is 56.5 Å². The zero-order chi connectivity index (χ0) is 21.2. The number of piperazine rings is 1. The number of benzene rings is 1. The first-order valence-corrected chi connectivity index (χ1v) is 10.5. The normalized spacial score (nSPS) is 17.3. The van der Waals surface area contributed by atoms with Crippen LogP contribution in [0.25, 0.3) is 11.0 Å². The van der Waals surface area contributed by atoms with Crippen molar-refractivity contribution >= 4 is 28.6 Å². The van der Waals surface area contributed by atoms with Gasteiger partial charge in [-0.15, -0.1) is 0 Å². The summed E-state index contributed by atoms with van der Waals surface area (Å²) in [5, 5.41) is 0.859. The van der Waals surface area contributed by atoms with Crippen LogP contribution in [0.4, 0.5) is 11.8 Å². The number of anilines is 2. The van der Waals surface area contributed by atoms with Crippen molar-refractivity contribution in [3.8, 4) is 5.75 Å². The van der Waals surface area contributed by atoms with Gasteiger partial charge < -0.3 is 28.6 Å². The zero-order valence-electron chi connectivity index (χ0n) is 17.5. The Morgan fingerprint density at radius 2 is 1.84 bits per heavy atom. The maximum absolute atomic E-state index is 13.0. The Kier molecular flexibility index (Phi) is 5.33. The fraction of sp³-hybridized carbons (Fsp3) is 0.409. The number of hydrogen-bond acceptors (Lipinski definition) is 8. The molecule has 4 heterocycles. The maximum Gasteiger partial charge on any atom is 0.289 e. The first kappa shape index (κ1) is 19.6. The van der Waals surface area contributed by atoms with Gasteiger partial charge in [0, 0.05) is 50.9 Å². The van der Waals surface area contributed by atoms with Crippen LogP contribution in [-0.2, 0) is 4.74 Å². The third-order valence-electron chi connectivity index (χ3n) is 5.75. The van der Waals surface area contributed by atoms with Gasteiger partial charge in [-0.1, -0.05) is 12.1 Å². The Morgan fingerprint density at radius 1 is 1.03 bits per heavy atom. The summed E-state index contributed by atoms with van der Waals surface area (Å²) >= 11 is 0. The van der Waals surface area contributed by atoms with Crippen molar-refractivity contribution in [2.24, 2.45) is 0 Å². The minimum Gasteiger partial charge on any atom is -0.493 e. The lowest BCUT2D eigenvalue weighted by atomic mass is 10.2. The van der Waals surface area contributed by atoms with Crippen LogP contribution in [0.3, 0.4) is 0 Å². The van der Waals surface area contributed by atoms with Gasteiger partial charge in [-0.2, -0.15) is 4.98 Å². The molecule has 0 saturated carbocycles. The molecular weight excluding hydrogens is 398 g/mol. The molecule has 2 fully saturated rings. The topological polar surface area (TPSA) is 84.2 Å². The number of nitrogens with zero attached hydrogens (tertiary/aromatic N) is 5. The second-order valence-electron chi connectivity index (χ2n) is 7.58. The molecule has 31 heavy (non-hydrogen) atoms. The van der Waals surface area contributed by atoms with Crippen molar-refractivity contribution in [3.63, 3.8) is 0 Å². The van der Waals surface area contributed by atoms with E-state index < -0.39 is 0 Å². The standard InChI is InChI=1S/C22H25N5O4/c1-29-17-4-2-3-16-15-18(31-20(16)17)21(28)26-9-7-25(8-10-26)19-5-6-23-22(24-19)27-11-13-30-14-12-27/h2-6,15H,7-14H2,1H3. The van der Waals surface area contributed by atoms with Gasteiger partial charge in [-0.25, -0.2) is 4.98 Å². The molecule has 9 heteroatoms. The van der Waals surface area contributed by atoms with E-state index >= 15 is 0 Å². The molecule has 9 nitrogen and oxygen atoms in total. The summed E-state index contributed by atoms with van der Waals surface area (Å²) in [6.45, 7) is 5.60. The highest BCUT2D eigenvalue weighted by atomic mass is 16.5. The molecule has 3 aromatic rings. The van der Waals surface area contributed by atoms with Gasteiger partial charge in [0.15, 0.2) is 17.1 Å². The Labute approximate surface area is 180 Å². The number of para-hydroxylation sites is 1. The van der Waals surface area contributed by atoms with Crippen LogP contribution < -0.4 is 14.5 Å². The van der Waals surface area contributed by atoms with Crippen molar-refractivity contribution in [2.75, 3.05) is 69.4 Å². The van der Waals surface area contributed by atoms with Gasteiger partial charge in [0.25, 0.3) is 5.91 Å². The van der Waals surface area contributed by atoms with Crippen LogP contribution in [0.1, 0.15) is 10.6 Å². The van der Waals surface area contributed by atoms with Crippen LogP contribution in [0.15, 0.2) is 40.9 Å². The maximum atomic E-state index is 13.0. The molecule has 5 rings (SSSR count). The number of carbonyl (C=O) groups is 1. The quantitative estimate of drug-likeness (QED) is 0.630. The first-order chi connectivity index (χ1) is 15.2. The lowest BCUT2D eigenvalue weighted by Crippen LogP contribution is -2.49. The fourth-order valence-electron chi connectivity index (χ4n) is 4.03. The first-order valence-electron chi connectivity index (χ1n) is 10.5. The number of hydrogen-bond donors (Lipinski definition) is 0.